The average molecular weight is 213 g/mol. The van der Waals surface area contributed by atoms with Crippen molar-refractivity contribution in [2.24, 2.45) is 0 Å². The molecular weight excluding hydrogens is 208 g/mol. The molecule has 0 unspecified atom stereocenters. The lowest BCUT2D eigenvalue weighted by Gasteiger charge is -2.00. The zero-order valence-electron chi connectivity index (χ0n) is 5.50. The lowest BCUT2D eigenvalue weighted by molar-refractivity contribution is 0.472. The van der Waals surface area contributed by atoms with Gasteiger partial charge in [-0.05, 0) is 28.1 Å². The third-order valence-corrected chi connectivity index (χ3v) is 2.07. The molecule has 0 atom stereocenters. The molecular formula is C7H5BrN2O. The molecule has 3 N–H and O–H groups in total. The van der Waals surface area contributed by atoms with Crippen molar-refractivity contribution in [3.05, 3.63) is 22.2 Å². The number of nitrogen functional groups attached to an aromatic ring is 1. The SMILES string of the molecule is N#Cc1cc(N)c(Br)c(O)c1. The summed E-state index contributed by atoms with van der Waals surface area (Å²) in [5, 5.41) is 17.6. The molecule has 3 nitrogen and oxygen atoms in total. The Morgan fingerprint density at radius 1 is 1.55 bits per heavy atom. The van der Waals surface area contributed by atoms with Gasteiger partial charge in [-0.1, -0.05) is 0 Å². The molecule has 0 bridgehead atoms. The monoisotopic (exact) mass is 212 g/mol. The molecule has 1 aromatic carbocycles. The number of nitriles is 1. The van der Waals surface area contributed by atoms with Crippen molar-refractivity contribution >= 4 is 21.6 Å². The molecule has 1 aromatic rings. The first-order chi connectivity index (χ1) is 5.15. The van der Waals surface area contributed by atoms with Crippen molar-refractivity contribution in [2.45, 2.75) is 0 Å². The molecule has 0 aliphatic rings. The number of phenolic OH excluding ortho intramolecular Hbond substituents is 1. The standard InChI is InChI=1S/C7H5BrN2O/c8-7-5(10)1-4(3-9)2-6(7)11/h1-2,11H,10H2. The van der Waals surface area contributed by atoms with Crippen LogP contribution in [0.1, 0.15) is 5.56 Å². The Hall–Kier alpha value is -1.21. The molecule has 11 heavy (non-hydrogen) atoms. The molecule has 0 aromatic heterocycles. The number of hydrogen-bond donors (Lipinski definition) is 2. The van der Waals surface area contributed by atoms with Gasteiger partial charge in [-0.25, -0.2) is 0 Å². The Bertz CT molecular complexity index is 307. The number of aromatic hydroxyl groups is 1. The highest BCUT2D eigenvalue weighted by atomic mass is 79.9. The van der Waals surface area contributed by atoms with E-state index < -0.39 is 0 Å². The normalized spacial score (nSPS) is 9.09. The van der Waals surface area contributed by atoms with Crippen LogP contribution >= 0.6 is 15.9 Å². The second kappa shape index (κ2) is 2.81. The highest BCUT2D eigenvalue weighted by Gasteiger charge is 2.03. The van der Waals surface area contributed by atoms with Gasteiger partial charge >= 0.3 is 0 Å². The molecule has 0 heterocycles. The minimum atomic E-state index is -0.0125. The lowest BCUT2D eigenvalue weighted by Crippen LogP contribution is -1.87. The van der Waals surface area contributed by atoms with E-state index in [1.54, 1.807) is 0 Å². The molecule has 0 saturated carbocycles. The fourth-order valence-corrected chi connectivity index (χ4v) is 0.925. The first kappa shape index (κ1) is 7.89. The van der Waals surface area contributed by atoms with Crippen molar-refractivity contribution in [1.29, 1.82) is 5.26 Å². The van der Waals surface area contributed by atoms with E-state index in [-0.39, 0.29) is 5.75 Å². The van der Waals surface area contributed by atoms with Gasteiger partial charge in [-0.15, -0.1) is 0 Å². The molecule has 56 valence electrons. The highest BCUT2D eigenvalue weighted by molar-refractivity contribution is 9.10. The number of rotatable bonds is 0. The smallest absolute Gasteiger partial charge is 0.133 e. The molecule has 0 aliphatic heterocycles. The summed E-state index contributed by atoms with van der Waals surface area (Å²) in [6, 6.07) is 4.71. The van der Waals surface area contributed by atoms with Gasteiger partial charge in [0.2, 0.25) is 0 Å². The Morgan fingerprint density at radius 3 is 2.64 bits per heavy atom. The van der Waals surface area contributed by atoms with Crippen LogP contribution < -0.4 is 5.73 Å². The number of anilines is 1. The number of benzene rings is 1. The summed E-state index contributed by atoms with van der Waals surface area (Å²) >= 11 is 3.06. The van der Waals surface area contributed by atoms with E-state index >= 15 is 0 Å². The van der Waals surface area contributed by atoms with Crippen LogP contribution in [0.4, 0.5) is 5.69 Å². The molecule has 0 saturated heterocycles. The van der Waals surface area contributed by atoms with Crippen LogP contribution in [-0.2, 0) is 0 Å². The fraction of sp³-hybridized carbons (Fsp3) is 0. The van der Waals surface area contributed by atoms with Gasteiger partial charge in [-0.2, -0.15) is 5.26 Å². The van der Waals surface area contributed by atoms with Crippen LogP contribution in [-0.4, -0.2) is 5.11 Å². The van der Waals surface area contributed by atoms with E-state index in [4.69, 9.17) is 16.1 Å². The van der Waals surface area contributed by atoms with E-state index in [2.05, 4.69) is 15.9 Å². The van der Waals surface area contributed by atoms with Crippen LogP contribution in [0.3, 0.4) is 0 Å². The summed E-state index contributed by atoms with van der Waals surface area (Å²) < 4.78 is 0.427. The number of nitrogens with two attached hydrogens (primary N) is 1. The van der Waals surface area contributed by atoms with Gasteiger partial charge in [0.05, 0.1) is 21.8 Å². The third kappa shape index (κ3) is 1.44. The first-order valence-corrected chi connectivity index (χ1v) is 3.62. The number of hydrogen-bond acceptors (Lipinski definition) is 3. The van der Waals surface area contributed by atoms with Crippen molar-refractivity contribution < 1.29 is 5.11 Å². The van der Waals surface area contributed by atoms with Gasteiger partial charge in [0.15, 0.2) is 0 Å². The van der Waals surface area contributed by atoms with Gasteiger partial charge < -0.3 is 10.8 Å². The Balaban J connectivity index is 3.35. The van der Waals surface area contributed by atoms with Crippen LogP contribution in [0, 0.1) is 11.3 Å². The second-order valence-electron chi connectivity index (χ2n) is 2.01. The maximum Gasteiger partial charge on any atom is 0.133 e. The quantitative estimate of drug-likeness (QED) is 0.643. The molecule has 1 rings (SSSR count). The van der Waals surface area contributed by atoms with E-state index in [0.717, 1.165) is 0 Å². The predicted octanol–water partition coefficient (Wildman–Crippen LogP) is 1.61. The molecule has 0 fully saturated rings. The van der Waals surface area contributed by atoms with Crippen LogP contribution in [0.5, 0.6) is 5.75 Å². The molecule has 0 spiro atoms. The van der Waals surface area contributed by atoms with E-state index in [1.807, 2.05) is 6.07 Å². The summed E-state index contributed by atoms with van der Waals surface area (Å²) in [5.74, 6) is -0.0125. The first-order valence-electron chi connectivity index (χ1n) is 2.83. The Morgan fingerprint density at radius 2 is 2.18 bits per heavy atom. The summed E-state index contributed by atoms with van der Waals surface area (Å²) in [6.07, 6.45) is 0. The summed E-state index contributed by atoms with van der Waals surface area (Å²) in [5.41, 5.74) is 6.15. The topological polar surface area (TPSA) is 70.0 Å². The summed E-state index contributed by atoms with van der Waals surface area (Å²) in [4.78, 5) is 0. The maximum absolute atomic E-state index is 9.13. The van der Waals surface area contributed by atoms with E-state index in [9.17, 15) is 0 Å². The predicted molar refractivity (Wildman–Crippen MR) is 44.9 cm³/mol. The average Bonchev–Trinajstić information content (AvgIpc) is 1.99. The second-order valence-corrected chi connectivity index (χ2v) is 2.80. The minimum absolute atomic E-state index is 0.0125. The van der Waals surface area contributed by atoms with E-state index in [1.165, 1.54) is 12.1 Å². The molecule has 4 heteroatoms. The number of nitrogens with zero attached hydrogens (tertiary/aromatic N) is 1. The fourth-order valence-electron chi connectivity index (χ4n) is 0.696. The van der Waals surface area contributed by atoms with Crippen LogP contribution in [0.25, 0.3) is 0 Å². The largest absolute Gasteiger partial charge is 0.507 e. The van der Waals surface area contributed by atoms with Crippen molar-refractivity contribution in [2.75, 3.05) is 5.73 Å². The Labute approximate surface area is 72.2 Å². The summed E-state index contributed by atoms with van der Waals surface area (Å²) in [6.45, 7) is 0. The van der Waals surface area contributed by atoms with Gasteiger partial charge in [0.1, 0.15) is 5.75 Å². The Kier molecular flexibility index (Phi) is 2.01. The molecule has 0 amide bonds. The van der Waals surface area contributed by atoms with Crippen molar-refractivity contribution in [1.82, 2.24) is 0 Å². The summed E-state index contributed by atoms with van der Waals surface area (Å²) in [7, 11) is 0. The third-order valence-electron chi connectivity index (χ3n) is 1.21. The van der Waals surface area contributed by atoms with Crippen molar-refractivity contribution in [3.63, 3.8) is 0 Å². The van der Waals surface area contributed by atoms with E-state index in [0.29, 0.717) is 15.7 Å². The van der Waals surface area contributed by atoms with Crippen LogP contribution in [0.2, 0.25) is 0 Å². The van der Waals surface area contributed by atoms with Gasteiger partial charge in [-0.3, -0.25) is 0 Å². The zero-order valence-corrected chi connectivity index (χ0v) is 7.09. The lowest BCUT2D eigenvalue weighted by atomic mass is 10.2. The molecule has 0 radical (unpaired) electrons. The van der Waals surface area contributed by atoms with Crippen molar-refractivity contribution in [3.8, 4) is 11.8 Å². The van der Waals surface area contributed by atoms with Gasteiger partial charge in [0, 0.05) is 0 Å². The van der Waals surface area contributed by atoms with Gasteiger partial charge in [0.25, 0.3) is 0 Å². The zero-order chi connectivity index (χ0) is 8.43. The maximum atomic E-state index is 9.13. The van der Waals surface area contributed by atoms with Crippen LogP contribution in [0.15, 0.2) is 16.6 Å². The molecule has 0 aliphatic carbocycles. The highest BCUT2D eigenvalue weighted by Crippen LogP contribution is 2.30. The number of phenols is 1. The number of halogens is 1. The minimum Gasteiger partial charge on any atom is -0.507 e.